The van der Waals surface area contributed by atoms with Crippen molar-refractivity contribution < 1.29 is 14.6 Å². The van der Waals surface area contributed by atoms with Gasteiger partial charge in [-0.2, -0.15) is 0 Å². The van der Waals surface area contributed by atoms with Crippen molar-refractivity contribution >= 4 is 11.6 Å². The van der Waals surface area contributed by atoms with E-state index in [1.54, 1.807) is 13.2 Å². The number of aliphatic hydroxyl groups is 1. The van der Waals surface area contributed by atoms with E-state index in [0.29, 0.717) is 12.0 Å². The first-order valence-corrected chi connectivity index (χ1v) is 8.88. The van der Waals surface area contributed by atoms with Crippen LogP contribution in [0.3, 0.4) is 0 Å². The highest BCUT2D eigenvalue weighted by molar-refractivity contribution is 5.95. The Balaban J connectivity index is 1.75. The van der Waals surface area contributed by atoms with Gasteiger partial charge in [-0.15, -0.1) is 0 Å². The van der Waals surface area contributed by atoms with E-state index in [4.69, 9.17) is 4.74 Å². The normalized spacial score (nSPS) is 18.8. The van der Waals surface area contributed by atoms with Gasteiger partial charge in [-0.25, -0.2) is 0 Å². The van der Waals surface area contributed by atoms with E-state index in [9.17, 15) is 9.90 Å². The predicted octanol–water partition coefficient (Wildman–Crippen LogP) is 2.72. The quantitative estimate of drug-likeness (QED) is 0.867. The second-order valence-corrected chi connectivity index (χ2v) is 7.04. The van der Waals surface area contributed by atoms with Gasteiger partial charge in [-0.1, -0.05) is 12.1 Å². The molecule has 2 aromatic carbocycles. The third-order valence-corrected chi connectivity index (χ3v) is 5.02. The number of nitrogens with one attached hydrogen (secondary N) is 1. The molecule has 1 aliphatic rings. The number of carbonyl (C=O) groups excluding carboxylic acids is 1. The van der Waals surface area contributed by atoms with Crippen LogP contribution >= 0.6 is 0 Å². The number of methoxy groups -OCH3 is 1. The number of carbonyl (C=O) groups is 1. The molecule has 5 heteroatoms. The monoisotopic (exact) mass is 354 g/mol. The summed E-state index contributed by atoms with van der Waals surface area (Å²) in [5.74, 6) is 0.611. The summed E-state index contributed by atoms with van der Waals surface area (Å²) in [5.41, 5.74) is 2.47. The van der Waals surface area contributed by atoms with E-state index in [0.717, 1.165) is 35.4 Å². The number of hydrogen-bond acceptors (Lipinski definition) is 4. The number of anilines is 1. The SMILES string of the molecule is COc1ccc2c(c1)CCC[C@@]2(O)CNC(=O)c1cccc(N(C)C)c1. The molecule has 26 heavy (non-hydrogen) atoms. The molecule has 0 aliphatic heterocycles. The van der Waals surface area contributed by atoms with E-state index in [1.807, 2.05) is 55.4 Å². The van der Waals surface area contributed by atoms with Gasteiger partial charge >= 0.3 is 0 Å². The van der Waals surface area contributed by atoms with Crippen LogP contribution in [0.15, 0.2) is 42.5 Å². The summed E-state index contributed by atoms with van der Waals surface area (Å²) < 4.78 is 5.28. The molecule has 2 aromatic rings. The molecule has 0 saturated heterocycles. The molecular weight excluding hydrogens is 328 g/mol. The molecule has 0 radical (unpaired) electrons. The minimum absolute atomic E-state index is 0.178. The minimum atomic E-state index is -1.05. The van der Waals surface area contributed by atoms with Gasteiger partial charge in [0.15, 0.2) is 0 Å². The summed E-state index contributed by atoms with van der Waals surface area (Å²) in [7, 11) is 5.51. The fourth-order valence-corrected chi connectivity index (χ4v) is 3.50. The molecule has 0 unspecified atom stereocenters. The molecule has 2 N–H and O–H groups in total. The number of nitrogens with zero attached hydrogens (tertiary/aromatic N) is 1. The zero-order chi connectivity index (χ0) is 18.7. The Bertz CT molecular complexity index is 804. The molecule has 0 bridgehead atoms. The van der Waals surface area contributed by atoms with Crippen molar-refractivity contribution in [1.82, 2.24) is 5.32 Å². The minimum Gasteiger partial charge on any atom is -0.497 e. The predicted molar refractivity (Wildman–Crippen MR) is 103 cm³/mol. The zero-order valence-corrected chi connectivity index (χ0v) is 15.6. The highest BCUT2D eigenvalue weighted by Gasteiger charge is 2.35. The van der Waals surface area contributed by atoms with E-state index in [1.165, 1.54) is 0 Å². The first-order chi connectivity index (χ1) is 12.4. The lowest BCUT2D eigenvalue weighted by atomic mass is 9.79. The molecule has 1 atom stereocenters. The van der Waals surface area contributed by atoms with E-state index >= 15 is 0 Å². The van der Waals surface area contributed by atoms with Gasteiger partial charge in [-0.3, -0.25) is 4.79 Å². The average Bonchev–Trinajstić information content (AvgIpc) is 2.66. The smallest absolute Gasteiger partial charge is 0.251 e. The zero-order valence-electron chi connectivity index (χ0n) is 15.6. The Morgan fingerprint density at radius 2 is 2.08 bits per heavy atom. The largest absolute Gasteiger partial charge is 0.497 e. The van der Waals surface area contributed by atoms with Crippen molar-refractivity contribution in [3.8, 4) is 5.75 Å². The fraction of sp³-hybridized carbons (Fsp3) is 0.381. The summed E-state index contributed by atoms with van der Waals surface area (Å²) in [6, 6.07) is 13.2. The highest BCUT2D eigenvalue weighted by Crippen LogP contribution is 2.36. The van der Waals surface area contributed by atoms with Crippen LogP contribution in [0.1, 0.15) is 34.3 Å². The first-order valence-electron chi connectivity index (χ1n) is 8.88. The second-order valence-electron chi connectivity index (χ2n) is 7.04. The van der Waals surface area contributed by atoms with Crippen LogP contribution in [0.5, 0.6) is 5.75 Å². The molecule has 1 amide bonds. The van der Waals surface area contributed by atoms with Gasteiger partial charge in [0.2, 0.25) is 0 Å². The van der Waals surface area contributed by atoms with Crippen LogP contribution in [0, 0.1) is 0 Å². The van der Waals surface area contributed by atoms with E-state index in [-0.39, 0.29) is 12.5 Å². The number of aryl methyl sites for hydroxylation is 1. The molecule has 0 fully saturated rings. The molecule has 5 nitrogen and oxygen atoms in total. The van der Waals surface area contributed by atoms with E-state index in [2.05, 4.69) is 5.32 Å². The van der Waals surface area contributed by atoms with Gasteiger partial charge in [0.1, 0.15) is 11.4 Å². The number of hydrogen-bond donors (Lipinski definition) is 2. The molecule has 3 rings (SSSR count). The maximum absolute atomic E-state index is 12.6. The number of benzene rings is 2. The summed E-state index contributed by atoms with van der Waals surface area (Å²) in [6.45, 7) is 0.192. The van der Waals surface area contributed by atoms with Crippen molar-refractivity contribution in [1.29, 1.82) is 0 Å². The number of amides is 1. The molecule has 138 valence electrons. The Hall–Kier alpha value is -2.53. The molecule has 0 saturated carbocycles. The topological polar surface area (TPSA) is 61.8 Å². The maximum Gasteiger partial charge on any atom is 0.251 e. The molecule has 1 aliphatic carbocycles. The Kier molecular flexibility index (Phi) is 5.18. The van der Waals surface area contributed by atoms with Crippen LogP contribution in [0.25, 0.3) is 0 Å². The van der Waals surface area contributed by atoms with Crippen molar-refractivity contribution in [2.45, 2.75) is 24.9 Å². The molecular formula is C21H26N2O3. The number of ether oxygens (including phenoxy) is 1. The third kappa shape index (κ3) is 3.68. The lowest BCUT2D eigenvalue weighted by Gasteiger charge is -2.35. The summed E-state index contributed by atoms with van der Waals surface area (Å²) in [4.78, 5) is 14.5. The second kappa shape index (κ2) is 7.38. The van der Waals surface area contributed by atoms with Crippen LogP contribution in [0.2, 0.25) is 0 Å². The van der Waals surface area contributed by atoms with Crippen molar-refractivity contribution in [3.05, 3.63) is 59.2 Å². The molecule has 0 heterocycles. The van der Waals surface area contributed by atoms with Gasteiger partial charge in [-0.05, 0) is 60.7 Å². The standard InChI is InChI=1S/C21H26N2O3/c1-23(2)17-8-4-6-16(12-17)20(24)22-14-21(25)11-5-7-15-13-18(26-3)9-10-19(15)21/h4,6,8-10,12-13,25H,5,7,11,14H2,1-3H3,(H,22,24)/t21-/m1/s1. The Morgan fingerprint density at radius 3 is 2.81 bits per heavy atom. The number of rotatable bonds is 5. The highest BCUT2D eigenvalue weighted by atomic mass is 16.5. The van der Waals surface area contributed by atoms with Gasteiger partial charge in [0, 0.05) is 25.3 Å². The van der Waals surface area contributed by atoms with Gasteiger partial charge in [0.25, 0.3) is 5.91 Å². The fourth-order valence-electron chi connectivity index (χ4n) is 3.50. The summed E-state index contributed by atoms with van der Waals surface area (Å²) in [6.07, 6.45) is 2.42. The first kappa shape index (κ1) is 18.3. The number of fused-ring (bicyclic) bond motifs is 1. The van der Waals surface area contributed by atoms with Crippen molar-refractivity contribution in [2.75, 3.05) is 32.6 Å². The van der Waals surface area contributed by atoms with Crippen LogP contribution < -0.4 is 15.0 Å². The molecule has 0 aromatic heterocycles. The van der Waals surface area contributed by atoms with Crippen molar-refractivity contribution in [2.24, 2.45) is 0 Å². The summed E-state index contributed by atoms with van der Waals surface area (Å²) in [5, 5.41) is 14.1. The van der Waals surface area contributed by atoms with Crippen LogP contribution in [-0.2, 0) is 12.0 Å². The van der Waals surface area contributed by atoms with Crippen molar-refractivity contribution in [3.63, 3.8) is 0 Å². The Labute approximate surface area is 154 Å². The maximum atomic E-state index is 12.6. The average molecular weight is 354 g/mol. The lowest BCUT2D eigenvalue weighted by molar-refractivity contribution is 0.0189. The molecule has 0 spiro atoms. The lowest BCUT2D eigenvalue weighted by Crippen LogP contribution is -2.43. The third-order valence-electron chi connectivity index (χ3n) is 5.02. The van der Waals surface area contributed by atoms with Gasteiger partial charge in [0.05, 0.1) is 13.7 Å². The summed E-state index contributed by atoms with van der Waals surface area (Å²) >= 11 is 0. The Morgan fingerprint density at radius 1 is 1.27 bits per heavy atom. The van der Waals surface area contributed by atoms with Crippen LogP contribution in [0.4, 0.5) is 5.69 Å². The van der Waals surface area contributed by atoms with E-state index < -0.39 is 5.60 Å². The van der Waals surface area contributed by atoms with Gasteiger partial charge < -0.3 is 20.1 Å². The van der Waals surface area contributed by atoms with Crippen LogP contribution in [-0.4, -0.2) is 38.8 Å².